The smallest absolute Gasteiger partial charge is 0.410 e. The Balaban J connectivity index is 1.54. The highest BCUT2D eigenvalue weighted by Crippen LogP contribution is 2.17. The average molecular weight is 286 g/mol. The first-order chi connectivity index (χ1) is 9.44. The van der Waals surface area contributed by atoms with Gasteiger partial charge in [-0.05, 0) is 20.8 Å². The molecule has 2 saturated heterocycles. The second kappa shape index (κ2) is 6.74. The quantitative estimate of drug-likeness (QED) is 0.770. The number of likely N-dealkylation sites (tertiary alicyclic amines) is 1. The van der Waals surface area contributed by atoms with Crippen molar-refractivity contribution in [3.8, 4) is 0 Å². The molecule has 0 spiro atoms. The highest BCUT2D eigenvalue weighted by molar-refractivity contribution is 5.69. The van der Waals surface area contributed by atoms with E-state index in [4.69, 9.17) is 14.2 Å². The molecule has 0 radical (unpaired) electrons. The molecular formula is C14H26N2O4. The Bertz CT molecular complexity index is 318. The largest absolute Gasteiger partial charge is 0.444 e. The van der Waals surface area contributed by atoms with Crippen molar-refractivity contribution in [2.45, 2.75) is 32.5 Å². The minimum atomic E-state index is -0.431. The molecule has 0 atom stereocenters. The molecule has 0 aromatic rings. The monoisotopic (exact) mass is 286 g/mol. The zero-order valence-electron chi connectivity index (χ0n) is 12.8. The molecule has 6 heteroatoms. The summed E-state index contributed by atoms with van der Waals surface area (Å²) in [7, 11) is 0. The number of morpholine rings is 1. The van der Waals surface area contributed by atoms with Gasteiger partial charge in [0.05, 0.1) is 39.0 Å². The van der Waals surface area contributed by atoms with Crippen molar-refractivity contribution in [3.05, 3.63) is 0 Å². The van der Waals surface area contributed by atoms with Crippen LogP contribution >= 0.6 is 0 Å². The Labute approximate surface area is 120 Å². The maximum Gasteiger partial charge on any atom is 0.410 e. The molecule has 2 rings (SSSR count). The number of ether oxygens (including phenoxy) is 3. The van der Waals surface area contributed by atoms with Gasteiger partial charge < -0.3 is 19.1 Å². The van der Waals surface area contributed by atoms with Gasteiger partial charge in [0.15, 0.2) is 0 Å². The third-order valence-electron chi connectivity index (χ3n) is 3.36. The summed E-state index contributed by atoms with van der Waals surface area (Å²) < 4.78 is 16.4. The van der Waals surface area contributed by atoms with Gasteiger partial charge in [-0.25, -0.2) is 4.79 Å². The second-order valence-corrected chi connectivity index (χ2v) is 6.33. The van der Waals surface area contributed by atoms with Crippen LogP contribution in [0.3, 0.4) is 0 Å². The zero-order valence-corrected chi connectivity index (χ0v) is 12.8. The fourth-order valence-electron chi connectivity index (χ4n) is 2.19. The van der Waals surface area contributed by atoms with Gasteiger partial charge in [-0.15, -0.1) is 0 Å². The molecule has 0 saturated carbocycles. The van der Waals surface area contributed by atoms with E-state index >= 15 is 0 Å². The van der Waals surface area contributed by atoms with E-state index in [-0.39, 0.29) is 12.2 Å². The Morgan fingerprint density at radius 1 is 1.25 bits per heavy atom. The minimum absolute atomic E-state index is 0.156. The third-order valence-corrected chi connectivity index (χ3v) is 3.36. The molecule has 0 aliphatic carbocycles. The lowest BCUT2D eigenvalue weighted by Gasteiger charge is -2.39. The van der Waals surface area contributed by atoms with Crippen LogP contribution < -0.4 is 0 Å². The van der Waals surface area contributed by atoms with Gasteiger partial charge in [-0.1, -0.05) is 0 Å². The van der Waals surface area contributed by atoms with Crippen molar-refractivity contribution in [1.29, 1.82) is 0 Å². The minimum Gasteiger partial charge on any atom is -0.444 e. The molecule has 2 aliphatic heterocycles. The van der Waals surface area contributed by atoms with Crippen LogP contribution in [0.1, 0.15) is 20.8 Å². The fraction of sp³-hybridized carbons (Fsp3) is 0.929. The maximum atomic E-state index is 11.7. The lowest BCUT2D eigenvalue weighted by atomic mass is 10.2. The summed E-state index contributed by atoms with van der Waals surface area (Å²) in [6.45, 7) is 12.2. The van der Waals surface area contributed by atoms with Crippen LogP contribution in [0, 0.1) is 0 Å². The SMILES string of the molecule is CC(C)(C)OC(=O)N1CC(OCCN2CCOCC2)C1. The normalized spacial score (nSPS) is 21.6. The number of amides is 1. The molecule has 0 bridgehead atoms. The van der Waals surface area contributed by atoms with Crippen LogP contribution in [0.2, 0.25) is 0 Å². The molecule has 0 aromatic carbocycles. The summed E-state index contributed by atoms with van der Waals surface area (Å²) in [4.78, 5) is 15.8. The van der Waals surface area contributed by atoms with Gasteiger partial charge in [0.25, 0.3) is 0 Å². The van der Waals surface area contributed by atoms with E-state index in [2.05, 4.69) is 4.90 Å². The third kappa shape index (κ3) is 4.92. The van der Waals surface area contributed by atoms with Crippen LogP contribution in [0.25, 0.3) is 0 Å². The topological polar surface area (TPSA) is 51.2 Å². The first kappa shape index (κ1) is 15.5. The van der Waals surface area contributed by atoms with Crippen molar-refractivity contribution in [3.63, 3.8) is 0 Å². The molecular weight excluding hydrogens is 260 g/mol. The van der Waals surface area contributed by atoms with Crippen molar-refractivity contribution >= 4 is 6.09 Å². The van der Waals surface area contributed by atoms with Crippen LogP contribution in [-0.2, 0) is 14.2 Å². The summed E-state index contributed by atoms with van der Waals surface area (Å²) in [5, 5.41) is 0. The summed E-state index contributed by atoms with van der Waals surface area (Å²) in [6, 6.07) is 0. The molecule has 0 aromatic heterocycles. The van der Waals surface area contributed by atoms with Gasteiger partial charge in [-0.3, -0.25) is 4.90 Å². The van der Waals surface area contributed by atoms with Gasteiger partial charge in [0, 0.05) is 19.6 Å². The number of nitrogens with zero attached hydrogens (tertiary/aromatic N) is 2. The number of carbonyl (C=O) groups is 1. The molecule has 2 aliphatic rings. The Hall–Kier alpha value is -0.850. The summed E-state index contributed by atoms with van der Waals surface area (Å²) in [5.74, 6) is 0. The zero-order chi connectivity index (χ0) is 14.6. The van der Waals surface area contributed by atoms with Crippen molar-refractivity contribution in [2.75, 3.05) is 52.5 Å². The van der Waals surface area contributed by atoms with Gasteiger partial charge >= 0.3 is 6.09 Å². The average Bonchev–Trinajstić information content (AvgIpc) is 2.31. The van der Waals surface area contributed by atoms with Crippen molar-refractivity contribution in [2.24, 2.45) is 0 Å². The summed E-state index contributed by atoms with van der Waals surface area (Å²) in [6.07, 6.45) is -0.0888. The summed E-state index contributed by atoms with van der Waals surface area (Å²) >= 11 is 0. The van der Waals surface area contributed by atoms with Crippen LogP contribution in [-0.4, -0.2) is 80.1 Å². The van der Waals surface area contributed by atoms with E-state index < -0.39 is 5.60 Å². The van der Waals surface area contributed by atoms with Gasteiger partial charge in [0.2, 0.25) is 0 Å². The maximum absolute atomic E-state index is 11.7. The molecule has 116 valence electrons. The first-order valence-electron chi connectivity index (χ1n) is 7.34. The van der Waals surface area contributed by atoms with Crippen molar-refractivity contribution < 1.29 is 19.0 Å². The molecule has 20 heavy (non-hydrogen) atoms. The summed E-state index contributed by atoms with van der Waals surface area (Å²) in [5.41, 5.74) is -0.431. The Kier molecular flexibility index (Phi) is 5.23. The first-order valence-corrected chi connectivity index (χ1v) is 7.34. The van der Waals surface area contributed by atoms with Gasteiger partial charge in [0.1, 0.15) is 5.60 Å². The van der Waals surface area contributed by atoms with E-state index in [9.17, 15) is 4.79 Å². The van der Waals surface area contributed by atoms with Crippen molar-refractivity contribution in [1.82, 2.24) is 9.80 Å². The van der Waals surface area contributed by atoms with E-state index in [1.165, 1.54) is 0 Å². The van der Waals surface area contributed by atoms with E-state index in [1.54, 1.807) is 4.90 Å². The molecule has 2 heterocycles. The molecule has 6 nitrogen and oxygen atoms in total. The number of hydrogen-bond donors (Lipinski definition) is 0. The number of carbonyl (C=O) groups excluding carboxylic acids is 1. The van der Waals surface area contributed by atoms with E-state index in [1.807, 2.05) is 20.8 Å². The van der Waals surface area contributed by atoms with Crippen LogP contribution in [0.5, 0.6) is 0 Å². The lowest BCUT2D eigenvalue weighted by Crippen LogP contribution is -2.56. The van der Waals surface area contributed by atoms with E-state index in [0.717, 1.165) is 32.8 Å². The predicted octanol–water partition coefficient (Wildman–Crippen LogP) is 0.955. The number of rotatable bonds is 4. The number of hydrogen-bond acceptors (Lipinski definition) is 5. The highest BCUT2D eigenvalue weighted by Gasteiger charge is 2.34. The Morgan fingerprint density at radius 2 is 1.90 bits per heavy atom. The Morgan fingerprint density at radius 3 is 2.50 bits per heavy atom. The lowest BCUT2D eigenvalue weighted by molar-refractivity contribution is -0.0702. The highest BCUT2D eigenvalue weighted by atomic mass is 16.6. The van der Waals surface area contributed by atoms with Crippen LogP contribution in [0.15, 0.2) is 0 Å². The van der Waals surface area contributed by atoms with Gasteiger partial charge in [-0.2, -0.15) is 0 Å². The predicted molar refractivity (Wildman–Crippen MR) is 74.8 cm³/mol. The van der Waals surface area contributed by atoms with E-state index in [0.29, 0.717) is 19.7 Å². The molecule has 2 fully saturated rings. The fourth-order valence-corrected chi connectivity index (χ4v) is 2.19. The van der Waals surface area contributed by atoms with Crippen LogP contribution in [0.4, 0.5) is 4.79 Å². The second-order valence-electron chi connectivity index (χ2n) is 6.33. The molecule has 0 unspecified atom stereocenters. The molecule has 1 amide bonds. The standard InChI is InChI=1S/C14H26N2O4/c1-14(2,3)20-13(17)16-10-12(11-16)19-9-6-15-4-7-18-8-5-15/h12H,4-11H2,1-3H3. The molecule has 0 N–H and O–H groups in total.